The fourth-order valence-corrected chi connectivity index (χ4v) is 1.95. The smallest absolute Gasteiger partial charge is 0.407 e. The van der Waals surface area contributed by atoms with Crippen LogP contribution in [0.1, 0.15) is 51.5 Å². The second-order valence-electron chi connectivity index (χ2n) is 4.81. The molecule has 0 aliphatic carbocycles. The van der Waals surface area contributed by atoms with Gasteiger partial charge in [0.25, 0.3) is 0 Å². The maximum atomic E-state index is 11.7. The van der Waals surface area contributed by atoms with Gasteiger partial charge in [-0.1, -0.05) is 63.4 Å². The summed E-state index contributed by atoms with van der Waals surface area (Å²) in [4.78, 5) is 11.7. The fourth-order valence-electron chi connectivity index (χ4n) is 1.95. The SMILES string of the molecule is CCCCCC(CC)NC(=O)OCc1ccccc1. The average molecular weight is 263 g/mol. The third-order valence-corrected chi connectivity index (χ3v) is 3.18. The lowest BCUT2D eigenvalue weighted by Crippen LogP contribution is -2.34. The first-order chi connectivity index (χ1) is 9.26. The molecule has 0 saturated carbocycles. The minimum atomic E-state index is -0.313. The van der Waals surface area contributed by atoms with Crippen LogP contribution in [-0.4, -0.2) is 12.1 Å². The Morgan fingerprint density at radius 2 is 1.95 bits per heavy atom. The van der Waals surface area contributed by atoms with Crippen LogP contribution in [0.2, 0.25) is 0 Å². The lowest BCUT2D eigenvalue weighted by molar-refractivity contribution is 0.134. The molecule has 0 bridgehead atoms. The number of unbranched alkanes of at least 4 members (excludes halogenated alkanes) is 2. The van der Waals surface area contributed by atoms with E-state index in [2.05, 4.69) is 19.2 Å². The minimum Gasteiger partial charge on any atom is -0.445 e. The van der Waals surface area contributed by atoms with E-state index < -0.39 is 0 Å². The number of nitrogens with one attached hydrogen (secondary N) is 1. The van der Waals surface area contributed by atoms with Crippen LogP contribution in [0.4, 0.5) is 4.79 Å². The number of ether oxygens (including phenoxy) is 1. The maximum Gasteiger partial charge on any atom is 0.407 e. The van der Waals surface area contributed by atoms with Crippen molar-refractivity contribution in [2.45, 2.75) is 58.6 Å². The number of carbonyl (C=O) groups is 1. The van der Waals surface area contributed by atoms with Crippen molar-refractivity contribution in [1.29, 1.82) is 0 Å². The quantitative estimate of drug-likeness (QED) is 0.711. The van der Waals surface area contributed by atoms with E-state index in [-0.39, 0.29) is 12.1 Å². The molecule has 1 N–H and O–H groups in total. The van der Waals surface area contributed by atoms with Crippen LogP contribution in [-0.2, 0) is 11.3 Å². The summed E-state index contributed by atoms with van der Waals surface area (Å²) < 4.78 is 5.22. The average Bonchev–Trinajstić information content (AvgIpc) is 2.45. The van der Waals surface area contributed by atoms with Crippen molar-refractivity contribution in [3.05, 3.63) is 35.9 Å². The number of carbonyl (C=O) groups excluding carboxylic acids is 1. The van der Waals surface area contributed by atoms with Crippen molar-refractivity contribution in [3.8, 4) is 0 Å². The number of rotatable bonds is 8. The molecule has 1 atom stereocenters. The third kappa shape index (κ3) is 6.85. The van der Waals surface area contributed by atoms with Gasteiger partial charge < -0.3 is 10.1 Å². The van der Waals surface area contributed by atoms with Gasteiger partial charge in [0.2, 0.25) is 0 Å². The van der Waals surface area contributed by atoms with Gasteiger partial charge in [-0.05, 0) is 18.4 Å². The summed E-state index contributed by atoms with van der Waals surface area (Å²) in [7, 11) is 0. The maximum absolute atomic E-state index is 11.7. The third-order valence-electron chi connectivity index (χ3n) is 3.18. The predicted molar refractivity (Wildman–Crippen MR) is 78.0 cm³/mol. The monoisotopic (exact) mass is 263 g/mol. The molecule has 3 heteroatoms. The Morgan fingerprint density at radius 1 is 1.21 bits per heavy atom. The van der Waals surface area contributed by atoms with E-state index in [1.807, 2.05) is 30.3 Å². The summed E-state index contributed by atoms with van der Waals surface area (Å²) in [6.07, 6.45) is 5.25. The molecule has 1 aromatic rings. The highest BCUT2D eigenvalue weighted by Gasteiger charge is 2.10. The molecule has 1 rings (SSSR count). The van der Waals surface area contributed by atoms with Crippen molar-refractivity contribution < 1.29 is 9.53 Å². The van der Waals surface area contributed by atoms with Gasteiger partial charge in [-0.3, -0.25) is 0 Å². The van der Waals surface area contributed by atoms with Crippen molar-refractivity contribution >= 4 is 6.09 Å². The lowest BCUT2D eigenvalue weighted by Gasteiger charge is -2.16. The molecule has 1 unspecified atom stereocenters. The molecular formula is C16H25NO2. The Morgan fingerprint density at radius 3 is 2.58 bits per heavy atom. The van der Waals surface area contributed by atoms with E-state index in [1.54, 1.807) is 0 Å². The van der Waals surface area contributed by atoms with Crippen LogP contribution in [0.5, 0.6) is 0 Å². The molecule has 0 aliphatic rings. The summed E-state index contributed by atoms with van der Waals surface area (Å²) in [5.41, 5.74) is 1.01. The summed E-state index contributed by atoms with van der Waals surface area (Å²) >= 11 is 0. The summed E-state index contributed by atoms with van der Waals surface area (Å²) in [5.74, 6) is 0. The number of alkyl carbamates (subject to hydrolysis) is 1. The Bertz CT molecular complexity index is 351. The molecular weight excluding hydrogens is 238 g/mol. The van der Waals surface area contributed by atoms with Crippen molar-refractivity contribution in [3.63, 3.8) is 0 Å². The number of benzene rings is 1. The topological polar surface area (TPSA) is 38.3 Å². The largest absolute Gasteiger partial charge is 0.445 e. The van der Waals surface area contributed by atoms with Gasteiger partial charge >= 0.3 is 6.09 Å². The van der Waals surface area contributed by atoms with E-state index in [0.717, 1.165) is 24.8 Å². The highest BCUT2D eigenvalue weighted by atomic mass is 16.5. The minimum absolute atomic E-state index is 0.231. The van der Waals surface area contributed by atoms with Crippen LogP contribution < -0.4 is 5.32 Å². The predicted octanol–water partition coefficient (Wildman–Crippen LogP) is 4.27. The van der Waals surface area contributed by atoms with E-state index in [0.29, 0.717) is 6.61 Å². The van der Waals surface area contributed by atoms with Gasteiger partial charge in [0, 0.05) is 6.04 Å². The molecule has 0 heterocycles. The number of hydrogen-bond acceptors (Lipinski definition) is 2. The Labute approximate surface area is 116 Å². The second-order valence-corrected chi connectivity index (χ2v) is 4.81. The second kappa shape index (κ2) is 9.42. The molecule has 0 aromatic heterocycles. The Hall–Kier alpha value is -1.51. The first-order valence-corrected chi connectivity index (χ1v) is 7.23. The van der Waals surface area contributed by atoms with E-state index in [1.165, 1.54) is 12.8 Å². The lowest BCUT2D eigenvalue weighted by atomic mass is 10.1. The normalized spacial score (nSPS) is 11.9. The zero-order valence-electron chi connectivity index (χ0n) is 12.0. The molecule has 1 amide bonds. The highest BCUT2D eigenvalue weighted by molar-refractivity contribution is 5.67. The van der Waals surface area contributed by atoms with Gasteiger partial charge in [-0.25, -0.2) is 4.79 Å². The van der Waals surface area contributed by atoms with Gasteiger partial charge in [0.15, 0.2) is 0 Å². The molecule has 1 aromatic carbocycles. The van der Waals surface area contributed by atoms with Gasteiger partial charge in [-0.15, -0.1) is 0 Å². The molecule has 106 valence electrons. The molecule has 19 heavy (non-hydrogen) atoms. The number of hydrogen-bond donors (Lipinski definition) is 1. The van der Waals surface area contributed by atoms with Crippen LogP contribution in [0.3, 0.4) is 0 Å². The first kappa shape index (κ1) is 15.5. The summed E-state index contributed by atoms with van der Waals surface area (Å²) in [6.45, 7) is 4.61. The molecule has 0 radical (unpaired) electrons. The Kier molecular flexibility index (Phi) is 7.71. The zero-order valence-corrected chi connectivity index (χ0v) is 12.0. The molecule has 0 spiro atoms. The van der Waals surface area contributed by atoms with E-state index >= 15 is 0 Å². The molecule has 3 nitrogen and oxygen atoms in total. The van der Waals surface area contributed by atoms with Crippen LogP contribution >= 0.6 is 0 Å². The van der Waals surface area contributed by atoms with Crippen LogP contribution in [0.15, 0.2) is 30.3 Å². The van der Waals surface area contributed by atoms with Crippen molar-refractivity contribution in [2.75, 3.05) is 0 Å². The van der Waals surface area contributed by atoms with Crippen LogP contribution in [0, 0.1) is 0 Å². The van der Waals surface area contributed by atoms with E-state index in [9.17, 15) is 4.79 Å². The van der Waals surface area contributed by atoms with Crippen molar-refractivity contribution in [2.24, 2.45) is 0 Å². The Balaban J connectivity index is 2.25. The summed E-state index contributed by atoms with van der Waals surface area (Å²) in [5, 5.41) is 2.93. The standard InChI is InChI=1S/C16H25NO2/c1-3-5-7-12-15(4-2)17-16(18)19-13-14-10-8-6-9-11-14/h6,8-11,15H,3-5,7,12-13H2,1-2H3,(H,17,18). The van der Waals surface area contributed by atoms with Gasteiger partial charge in [0.05, 0.1) is 0 Å². The summed E-state index contributed by atoms with van der Waals surface area (Å²) in [6, 6.07) is 9.96. The fraction of sp³-hybridized carbons (Fsp3) is 0.562. The molecule has 0 saturated heterocycles. The molecule has 0 fully saturated rings. The highest BCUT2D eigenvalue weighted by Crippen LogP contribution is 2.07. The molecule has 0 aliphatic heterocycles. The van der Waals surface area contributed by atoms with E-state index in [4.69, 9.17) is 4.74 Å². The van der Waals surface area contributed by atoms with Crippen molar-refractivity contribution in [1.82, 2.24) is 5.32 Å². The van der Waals surface area contributed by atoms with Gasteiger partial charge in [0.1, 0.15) is 6.61 Å². The zero-order chi connectivity index (χ0) is 13.9. The number of amides is 1. The first-order valence-electron chi connectivity index (χ1n) is 7.23. The van der Waals surface area contributed by atoms with Crippen LogP contribution in [0.25, 0.3) is 0 Å². The van der Waals surface area contributed by atoms with Gasteiger partial charge in [-0.2, -0.15) is 0 Å².